The van der Waals surface area contributed by atoms with Gasteiger partial charge in [0, 0.05) is 27.3 Å². The average Bonchev–Trinajstić information content (AvgIpc) is 2.64. The lowest BCUT2D eigenvalue weighted by Crippen LogP contribution is -2.21. The Labute approximate surface area is 180 Å². The first kappa shape index (κ1) is 22.2. The number of hydrogen-bond donors (Lipinski definition) is 2. The van der Waals surface area contributed by atoms with Crippen LogP contribution < -0.4 is 10.6 Å². The number of aryl methyl sites for hydroxylation is 1. The summed E-state index contributed by atoms with van der Waals surface area (Å²) < 4.78 is 5.57. The summed E-state index contributed by atoms with van der Waals surface area (Å²) in [5.41, 5.74) is 1.92. The SMILES string of the molecule is Cc1ccc(NC(=O)CCC(=O)OCC(=O)Nc2ccc(Br)c(Cl)c2)cc1Cl. The molecular weight excluding hydrogens is 471 g/mol. The van der Waals surface area contributed by atoms with E-state index in [1.54, 1.807) is 36.4 Å². The molecule has 28 heavy (non-hydrogen) atoms. The van der Waals surface area contributed by atoms with E-state index in [4.69, 9.17) is 27.9 Å². The van der Waals surface area contributed by atoms with Crippen molar-refractivity contribution in [2.45, 2.75) is 19.8 Å². The molecule has 0 bridgehead atoms. The zero-order chi connectivity index (χ0) is 20.7. The third kappa shape index (κ3) is 7.14. The van der Waals surface area contributed by atoms with Gasteiger partial charge in [0.05, 0.1) is 11.4 Å². The molecule has 0 unspecified atom stereocenters. The molecule has 2 amide bonds. The molecule has 0 aliphatic carbocycles. The number of rotatable bonds is 7. The monoisotopic (exact) mass is 486 g/mol. The minimum atomic E-state index is -0.652. The van der Waals surface area contributed by atoms with Crippen LogP contribution in [-0.4, -0.2) is 24.4 Å². The zero-order valence-corrected chi connectivity index (χ0v) is 18.0. The molecule has 0 saturated heterocycles. The van der Waals surface area contributed by atoms with Crippen LogP contribution in [0.5, 0.6) is 0 Å². The molecular formula is C19H17BrCl2N2O4. The normalized spacial score (nSPS) is 10.3. The molecule has 0 aliphatic heterocycles. The Hall–Kier alpha value is -2.09. The Morgan fingerprint density at radius 1 is 0.929 bits per heavy atom. The molecule has 0 aliphatic rings. The van der Waals surface area contributed by atoms with Gasteiger partial charge in [-0.25, -0.2) is 0 Å². The van der Waals surface area contributed by atoms with Gasteiger partial charge in [0.15, 0.2) is 6.61 Å². The lowest BCUT2D eigenvalue weighted by Gasteiger charge is -2.08. The Morgan fingerprint density at radius 3 is 2.18 bits per heavy atom. The third-order valence-corrected chi connectivity index (χ3v) is 5.22. The first-order chi connectivity index (χ1) is 13.2. The summed E-state index contributed by atoms with van der Waals surface area (Å²) in [7, 11) is 0. The summed E-state index contributed by atoms with van der Waals surface area (Å²) in [6.07, 6.45) is -0.225. The maximum absolute atomic E-state index is 11.9. The molecule has 2 N–H and O–H groups in total. The van der Waals surface area contributed by atoms with Gasteiger partial charge in [-0.3, -0.25) is 14.4 Å². The minimum Gasteiger partial charge on any atom is -0.456 e. The smallest absolute Gasteiger partial charge is 0.306 e. The van der Waals surface area contributed by atoms with Crippen molar-refractivity contribution in [2.75, 3.05) is 17.2 Å². The van der Waals surface area contributed by atoms with Gasteiger partial charge in [-0.15, -0.1) is 0 Å². The number of amides is 2. The fourth-order valence-electron chi connectivity index (χ4n) is 2.10. The largest absolute Gasteiger partial charge is 0.456 e. The summed E-state index contributed by atoms with van der Waals surface area (Å²) in [5.74, 6) is -1.52. The van der Waals surface area contributed by atoms with Crippen molar-refractivity contribution in [2.24, 2.45) is 0 Å². The summed E-state index contributed by atoms with van der Waals surface area (Å²) in [6.45, 7) is 1.40. The van der Waals surface area contributed by atoms with Gasteiger partial charge in [0.25, 0.3) is 5.91 Å². The Kier molecular flexibility index (Phi) is 8.29. The fraction of sp³-hybridized carbons (Fsp3) is 0.211. The van der Waals surface area contributed by atoms with Gasteiger partial charge in [-0.2, -0.15) is 0 Å². The van der Waals surface area contributed by atoms with Crippen molar-refractivity contribution < 1.29 is 19.1 Å². The second-order valence-electron chi connectivity index (χ2n) is 5.85. The van der Waals surface area contributed by atoms with E-state index in [1.165, 1.54) is 0 Å². The van der Waals surface area contributed by atoms with E-state index in [-0.39, 0.29) is 18.7 Å². The molecule has 2 aromatic carbocycles. The van der Waals surface area contributed by atoms with Crippen LogP contribution in [0.4, 0.5) is 11.4 Å². The van der Waals surface area contributed by atoms with E-state index in [9.17, 15) is 14.4 Å². The number of hydrogen-bond acceptors (Lipinski definition) is 4. The highest BCUT2D eigenvalue weighted by Crippen LogP contribution is 2.25. The molecule has 0 aromatic heterocycles. The van der Waals surface area contributed by atoms with Crippen LogP contribution in [0.15, 0.2) is 40.9 Å². The highest BCUT2D eigenvalue weighted by Gasteiger charge is 2.12. The van der Waals surface area contributed by atoms with Crippen molar-refractivity contribution in [3.8, 4) is 0 Å². The van der Waals surface area contributed by atoms with Crippen LogP contribution in [0.25, 0.3) is 0 Å². The summed E-state index contributed by atoms with van der Waals surface area (Å²) in [4.78, 5) is 35.4. The van der Waals surface area contributed by atoms with Crippen LogP contribution in [0.3, 0.4) is 0 Å². The van der Waals surface area contributed by atoms with E-state index in [1.807, 2.05) is 6.92 Å². The number of ether oxygens (including phenoxy) is 1. The van der Waals surface area contributed by atoms with Crippen LogP contribution in [0, 0.1) is 6.92 Å². The molecule has 2 aromatic rings. The van der Waals surface area contributed by atoms with E-state index < -0.39 is 18.5 Å². The van der Waals surface area contributed by atoms with Crippen LogP contribution >= 0.6 is 39.1 Å². The van der Waals surface area contributed by atoms with E-state index in [2.05, 4.69) is 26.6 Å². The second kappa shape index (κ2) is 10.5. The van der Waals surface area contributed by atoms with Crippen molar-refractivity contribution >= 4 is 68.3 Å². The number of esters is 1. The lowest BCUT2D eigenvalue weighted by molar-refractivity contribution is -0.147. The Balaban J connectivity index is 1.71. The number of benzene rings is 2. The van der Waals surface area contributed by atoms with Gasteiger partial charge in [-0.1, -0.05) is 29.3 Å². The van der Waals surface area contributed by atoms with Gasteiger partial charge < -0.3 is 15.4 Å². The predicted molar refractivity (Wildman–Crippen MR) is 113 cm³/mol. The standard InChI is InChI=1S/C19H17BrCl2N2O4/c1-11-2-3-12(8-15(11)21)23-17(25)6-7-19(27)28-10-18(26)24-13-4-5-14(20)16(22)9-13/h2-5,8-9H,6-7,10H2,1H3,(H,23,25)(H,24,26). The number of carbonyl (C=O) groups is 3. The number of carbonyl (C=O) groups excluding carboxylic acids is 3. The van der Waals surface area contributed by atoms with Gasteiger partial charge >= 0.3 is 5.97 Å². The first-order valence-corrected chi connectivity index (χ1v) is 9.76. The van der Waals surface area contributed by atoms with Gasteiger partial charge in [0.2, 0.25) is 5.91 Å². The topological polar surface area (TPSA) is 84.5 Å². The average molecular weight is 488 g/mol. The number of nitrogens with one attached hydrogen (secondary N) is 2. The predicted octanol–water partition coefficient (Wildman–Crippen LogP) is 4.96. The highest BCUT2D eigenvalue weighted by molar-refractivity contribution is 9.10. The number of anilines is 2. The van der Waals surface area contributed by atoms with Gasteiger partial charge in [0.1, 0.15) is 0 Å². The summed E-state index contributed by atoms with van der Waals surface area (Å²) >= 11 is 15.2. The molecule has 6 nitrogen and oxygen atoms in total. The van der Waals surface area contributed by atoms with Crippen molar-refractivity contribution in [1.29, 1.82) is 0 Å². The van der Waals surface area contributed by atoms with Crippen molar-refractivity contribution in [1.82, 2.24) is 0 Å². The Morgan fingerprint density at radius 2 is 1.54 bits per heavy atom. The zero-order valence-electron chi connectivity index (χ0n) is 14.9. The van der Waals surface area contributed by atoms with E-state index in [0.717, 1.165) is 5.56 Å². The maximum atomic E-state index is 11.9. The molecule has 0 spiro atoms. The van der Waals surface area contributed by atoms with Crippen molar-refractivity contribution in [3.63, 3.8) is 0 Å². The number of halogens is 3. The summed E-state index contributed by atoms with van der Waals surface area (Å²) in [5, 5.41) is 6.18. The van der Waals surface area contributed by atoms with Crippen molar-refractivity contribution in [3.05, 3.63) is 56.5 Å². The molecule has 2 rings (SSSR count). The quantitative estimate of drug-likeness (QED) is 0.540. The fourth-order valence-corrected chi connectivity index (χ4v) is 2.71. The lowest BCUT2D eigenvalue weighted by atomic mass is 10.2. The minimum absolute atomic E-state index is 0.0751. The van der Waals surface area contributed by atoms with Crippen LogP contribution in [-0.2, 0) is 19.1 Å². The second-order valence-corrected chi connectivity index (χ2v) is 7.52. The summed E-state index contributed by atoms with van der Waals surface area (Å²) in [6, 6.07) is 10.0. The van der Waals surface area contributed by atoms with E-state index >= 15 is 0 Å². The van der Waals surface area contributed by atoms with Crippen LogP contribution in [0.1, 0.15) is 18.4 Å². The molecule has 0 saturated carbocycles. The maximum Gasteiger partial charge on any atom is 0.306 e. The first-order valence-electron chi connectivity index (χ1n) is 8.21. The molecule has 0 heterocycles. The molecule has 0 atom stereocenters. The highest BCUT2D eigenvalue weighted by atomic mass is 79.9. The molecule has 0 radical (unpaired) electrons. The molecule has 0 fully saturated rings. The Bertz CT molecular complexity index is 834. The third-order valence-electron chi connectivity index (χ3n) is 3.58. The van der Waals surface area contributed by atoms with Crippen LogP contribution in [0.2, 0.25) is 10.0 Å². The molecule has 9 heteroatoms. The molecule has 148 valence electrons. The van der Waals surface area contributed by atoms with Gasteiger partial charge in [-0.05, 0) is 58.7 Å². The van der Waals surface area contributed by atoms with E-state index in [0.29, 0.717) is 25.9 Å².